The van der Waals surface area contributed by atoms with Crippen molar-refractivity contribution in [3.8, 4) is 11.9 Å². The van der Waals surface area contributed by atoms with Crippen LogP contribution in [-0.2, 0) is 0 Å². The van der Waals surface area contributed by atoms with E-state index < -0.39 is 23.7 Å². The zero-order valence-corrected chi connectivity index (χ0v) is 18.7. The number of aryl methyl sites for hydroxylation is 1. The SMILES string of the molecule is Cc1nc2c3c(nc(OC[C@]45C[C@@H](F)CN4CCC5F)nc3c1F)N1CCCCC[C@H]1CO2. The Hall–Kier alpha value is -2.36. The molecular formula is C23H28F3N5O2. The molecule has 4 aliphatic heterocycles. The Balaban J connectivity index is 1.42. The molecule has 0 amide bonds. The van der Waals surface area contributed by atoms with E-state index in [-0.39, 0.29) is 42.8 Å². The van der Waals surface area contributed by atoms with Crippen LogP contribution in [0.4, 0.5) is 19.0 Å². The Morgan fingerprint density at radius 2 is 2.00 bits per heavy atom. The molecule has 0 aliphatic carbocycles. The molecule has 3 fully saturated rings. The summed E-state index contributed by atoms with van der Waals surface area (Å²) in [5.74, 6) is 0.333. The lowest BCUT2D eigenvalue weighted by Crippen LogP contribution is -2.49. The molecule has 6 rings (SSSR count). The van der Waals surface area contributed by atoms with E-state index in [0.717, 1.165) is 32.2 Å². The molecule has 0 aromatic carbocycles. The predicted octanol–water partition coefficient (Wildman–Crippen LogP) is 3.52. The molecule has 7 nitrogen and oxygen atoms in total. The number of aromatic nitrogens is 3. The molecular weight excluding hydrogens is 435 g/mol. The van der Waals surface area contributed by atoms with Crippen molar-refractivity contribution in [3.05, 3.63) is 11.5 Å². The van der Waals surface area contributed by atoms with Gasteiger partial charge in [-0.05, 0) is 26.2 Å². The van der Waals surface area contributed by atoms with E-state index in [0.29, 0.717) is 36.7 Å². The van der Waals surface area contributed by atoms with Gasteiger partial charge in [-0.3, -0.25) is 4.90 Å². The van der Waals surface area contributed by atoms with Crippen LogP contribution >= 0.6 is 0 Å². The Kier molecular flexibility index (Phi) is 5.04. The van der Waals surface area contributed by atoms with Crippen LogP contribution in [0.15, 0.2) is 0 Å². The normalized spacial score (nSPS) is 31.6. The average Bonchev–Trinajstić information content (AvgIpc) is 3.09. The minimum atomic E-state index is -1.18. The van der Waals surface area contributed by atoms with Crippen molar-refractivity contribution in [2.75, 3.05) is 37.7 Å². The molecule has 10 heteroatoms. The first-order valence-electron chi connectivity index (χ1n) is 11.9. The van der Waals surface area contributed by atoms with Gasteiger partial charge in [0.2, 0.25) is 5.88 Å². The van der Waals surface area contributed by atoms with Crippen molar-refractivity contribution in [2.24, 2.45) is 0 Å². The van der Waals surface area contributed by atoms with Gasteiger partial charge in [0, 0.05) is 26.1 Å². The van der Waals surface area contributed by atoms with Crippen LogP contribution in [0.3, 0.4) is 0 Å². The lowest BCUT2D eigenvalue weighted by atomic mass is 9.93. The first kappa shape index (κ1) is 21.2. The largest absolute Gasteiger partial charge is 0.475 e. The summed E-state index contributed by atoms with van der Waals surface area (Å²) in [5, 5.41) is 0.448. The molecule has 0 radical (unpaired) electrons. The molecule has 2 aromatic rings. The van der Waals surface area contributed by atoms with Crippen LogP contribution in [-0.4, -0.2) is 76.6 Å². The van der Waals surface area contributed by atoms with Gasteiger partial charge < -0.3 is 14.4 Å². The predicted molar refractivity (Wildman–Crippen MR) is 116 cm³/mol. The van der Waals surface area contributed by atoms with Crippen molar-refractivity contribution >= 4 is 16.7 Å². The van der Waals surface area contributed by atoms with E-state index >= 15 is 4.39 Å². The number of anilines is 1. The third-order valence-electron chi connectivity index (χ3n) is 7.75. The smallest absolute Gasteiger partial charge is 0.319 e. The lowest BCUT2D eigenvalue weighted by Gasteiger charge is -2.33. The van der Waals surface area contributed by atoms with Crippen LogP contribution < -0.4 is 14.4 Å². The van der Waals surface area contributed by atoms with Crippen LogP contribution in [0.2, 0.25) is 0 Å². The fourth-order valence-corrected chi connectivity index (χ4v) is 6.00. The van der Waals surface area contributed by atoms with E-state index in [1.54, 1.807) is 6.92 Å². The van der Waals surface area contributed by atoms with Gasteiger partial charge in [-0.2, -0.15) is 9.97 Å². The number of alkyl halides is 2. The van der Waals surface area contributed by atoms with Crippen molar-refractivity contribution in [3.63, 3.8) is 0 Å². The van der Waals surface area contributed by atoms with Gasteiger partial charge in [-0.25, -0.2) is 18.2 Å². The van der Waals surface area contributed by atoms with Gasteiger partial charge in [0.25, 0.3) is 0 Å². The van der Waals surface area contributed by atoms with Crippen molar-refractivity contribution in [1.82, 2.24) is 19.9 Å². The van der Waals surface area contributed by atoms with Crippen LogP contribution in [0, 0.1) is 12.7 Å². The first-order valence-corrected chi connectivity index (χ1v) is 11.9. The summed E-state index contributed by atoms with van der Waals surface area (Å²) in [4.78, 5) is 17.4. The summed E-state index contributed by atoms with van der Waals surface area (Å²) < 4.78 is 56.2. The molecule has 4 aliphatic rings. The van der Waals surface area contributed by atoms with E-state index in [4.69, 9.17) is 9.47 Å². The maximum atomic E-state index is 15.2. The fourth-order valence-electron chi connectivity index (χ4n) is 6.00. The summed E-state index contributed by atoms with van der Waals surface area (Å²) in [6, 6.07) is 0.0749. The molecule has 4 atom stereocenters. The van der Waals surface area contributed by atoms with Crippen molar-refractivity contribution in [1.29, 1.82) is 0 Å². The zero-order valence-electron chi connectivity index (χ0n) is 18.7. The number of hydrogen-bond donors (Lipinski definition) is 0. The number of hydrogen-bond acceptors (Lipinski definition) is 7. The zero-order chi connectivity index (χ0) is 22.7. The Morgan fingerprint density at radius 3 is 2.88 bits per heavy atom. The second-order valence-electron chi connectivity index (χ2n) is 9.77. The van der Waals surface area contributed by atoms with Gasteiger partial charge in [0.15, 0.2) is 5.82 Å². The Bertz CT molecular complexity index is 1090. The first-order chi connectivity index (χ1) is 16.0. The molecule has 0 saturated carbocycles. The van der Waals surface area contributed by atoms with Gasteiger partial charge in [0.05, 0.1) is 17.3 Å². The second kappa shape index (κ2) is 7.85. The minimum absolute atomic E-state index is 0.0198. The van der Waals surface area contributed by atoms with E-state index in [1.165, 1.54) is 0 Å². The van der Waals surface area contributed by atoms with Crippen LogP contribution in [0.1, 0.15) is 44.2 Å². The highest BCUT2D eigenvalue weighted by Gasteiger charge is 2.56. The summed E-state index contributed by atoms with van der Waals surface area (Å²) in [7, 11) is 0. The molecule has 0 bridgehead atoms. The number of halogens is 3. The molecule has 1 unspecified atom stereocenters. The molecule has 3 saturated heterocycles. The van der Waals surface area contributed by atoms with Crippen molar-refractivity contribution in [2.45, 2.75) is 69.4 Å². The van der Waals surface area contributed by atoms with Crippen LogP contribution in [0.25, 0.3) is 10.9 Å². The standard InChI is InChI=1S/C23H28F3N5O2/c1-13-18(26)19-17-20(31-7-4-2-3-5-15(31)11-32-21(17)27-13)29-22(28-19)33-12-23-9-14(24)10-30(23)8-6-16(23)25/h14-16H,2-12H2,1H3/t14-,15+,16?,23+/m1/s1. The number of pyridine rings is 1. The van der Waals surface area contributed by atoms with Gasteiger partial charge >= 0.3 is 6.01 Å². The highest BCUT2D eigenvalue weighted by Crippen LogP contribution is 2.43. The highest BCUT2D eigenvalue weighted by molar-refractivity contribution is 5.95. The maximum absolute atomic E-state index is 15.2. The number of rotatable bonds is 3. The molecule has 0 N–H and O–H groups in total. The van der Waals surface area contributed by atoms with Crippen LogP contribution in [0.5, 0.6) is 11.9 Å². The van der Waals surface area contributed by atoms with E-state index in [1.807, 2.05) is 4.90 Å². The number of nitrogens with zero attached hydrogens (tertiary/aromatic N) is 5. The second-order valence-corrected chi connectivity index (χ2v) is 9.77. The fraction of sp³-hybridized carbons (Fsp3) is 0.696. The van der Waals surface area contributed by atoms with E-state index in [9.17, 15) is 8.78 Å². The lowest BCUT2D eigenvalue weighted by molar-refractivity contribution is 0.0560. The topological polar surface area (TPSA) is 63.6 Å². The Morgan fingerprint density at radius 1 is 1.12 bits per heavy atom. The molecule has 2 aromatic heterocycles. The summed E-state index contributed by atoms with van der Waals surface area (Å²) >= 11 is 0. The van der Waals surface area contributed by atoms with Gasteiger partial charge in [-0.1, -0.05) is 12.8 Å². The monoisotopic (exact) mass is 463 g/mol. The molecule has 178 valence electrons. The summed E-state index contributed by atoms with van der Waals surface area (Å²) in [6.45, 7) is 3.43. The Labute approximate surface area is 190 Å². The maximum Gasteiger partial charge on any atom is 0.319 e. The molecule has 33 heavy (non-hydrogen) atoms. The third-order valence-corrected chi connectivity index (χ3v) is 7.75. The quantitative estimate of drug-likeness (QED) is 0.690. The van der Waals surface area contributed by atoms with Gasteiger partial charge in [-0.15, -0.1) is 0 Å². The highest BCUT2D eigenvalue weighted by atomic mass is 19.1. The van der Waals surface area contributed by atoms with E-state index in [2.05, 4.69) is 19.9 Å². The molecule has 6 heterocycles. The number of ether oxygens (including phenoxy) is 2. The average molecular weight is 464 g/mol. The summed E-state index contributed by atoms with van der Waals surface area (Å²) in [6.07, 6.45) is 2.30. The third kappa shape index (κ3) is 3.32. The summed E-state index contributed by atoms with van der Waals surface area (Å²) in [5.41, 5.74) is -0.738. The van der Waals surface area contributed by atoms with Gasteiger partial charge in [0.1, 0.15) is 42.3 Å². The van der Waals surface area contributed by atoms with Crippen molar-refractivity contribution < 1.29 is 22.6 Å². The number of fused-ring (bicyclic) bond motifs is 3. The minimum Gasteiger partial charge on any atom is -0.475 e. The molecule has 0 spiro atoms.